The van der Waals surface area contributed by atoms with Gasteiger partial charge in [-0.25, -0.2) is 14.6 Å². The molecule has 4 N–H and O–H groups in total. The van der Waals surface area contributed by atoms with Crippen molar-refractivity contribution in [2.45, 2.75) is 81.0 Å². The fraction of sp³-hybridized carbons (Fsp3) is 0.600. The van der Waals surface area contributed by atoms with Crippen LogP contribution < -0.4 is 11.6 Å². The van der Waals surface area contributed by atoms with Crippen LogP contribution in [0.3, 0.4) is 0 Å². The number of rotatable bonds is 4. The standard InChI is InChI=1S/C20H27N7S2/c21-17-16-13-9-5-2-6-10-14(13)29-19(16)24-15(23-17)11-28-20-26-25-18(27(20)22)12-7-3-1-4-8-12/h12H,1-11,22H2,(H2,21,23,24). The summed E-state index contributed by atoms with van der Waals surface area (Å²) >= 11 is 3.32. The van der Waals surface area contributed by atoms with Crippen molar-refractivity contribution in [3.63, 3.8) is 0 Å². The topological polar surface area (TPSA) is 109 Å². The fourth-order valence-corrected chi connectivity index (χ4v) is 6.63. The van der Waals surface area contributed by atoms with Gasteiger partial charge in [0.05, 0.1) is 11.1 Å². The van der Waals surface area contributed by atoms with Gasteiger partial charge in [-0.15, -0.1) is 21.5 Å². The predicted molar refractivity (Wildman–Crippen MR) is 119 cm³/mol. The van der Waals surface area contributed by atoms with Crippen LogP contribution >= 0.6 is 23.1 Å². The number of thiophene rings is 1. The SMILES string of the molecule is Nc1nc(CSc2nnc(C3CCCCC3)n2N)nc2sc3c(c12)CCCCC3. The van der Waals surface area contributed by atoms with E-state index >= 15 is 0 Å². The van der Waals surface area contributed by atoms with Gasteiger partial charge < -0.3 is 11.6 Å². The van der Waals surface area contributed by atoms with Crippen molar-refractivity contribution in [2.75, 3.05) is 11.6 Å². The monoisotopic (exact) mass is 429 g/mol. The minimum Gasteiger partial charge on any atom is -0.383 e. The van der Waals surface area contributed by atoms with E-state index in [0.29, 0.717) is 17.5 Å². The quantitative estimate of drug-likeness (QED) is 0.364. The second-order valence-corrected chi connectivity index (χ2v) is 10.1. The molecule has 5 rings (SSSR count). The molecule has 0 amide bonds. The second kappa shape index (κ2) is 8.10. The molecule has 0 bridgehead atoms. The summed E-state index contributed by atoms with van der Waals surface area (Å²) in [6.07, 6.45) is 12.1. The Labute approximate surface area is 178 Å². The first-order valence-corrected chi connectivity index (χ1v) is 12.4. The van der Waals surface area contributed by atoms with Gasteiger partial charge in [-0.05, 0) is 44.1 Å². The third kappa shape index (κ3) is 3.70. The molecular weight excluding hydrogens is 402 g/mol. The highest BCUT2D eigenvalue weighted by molar-refractivity contribution is 7.98. The van der Waals surface area contributed by atoms with Gasteiger partial charge in [0.25, 0.3) is 0 Å². The summed E-state index contributed by atoms with van der Waals surface area (Å²) in [5.41, 5.74) is 7.75. The van der Waals surface area contributed by atoms with E-state index in [2.05, 4.69) is 15.2 Å². The summed E-state index contributed by atoms with van der Waals surface area (Å²) in [5, 5.41) is 10.5. The maximum absolute atomic E-state index is 6.37. The number of nitrogen functional groups attached to an aromatic ring is 2. The molecular formula is C20H27N7S2. The summed E-state index contributed by atoms with van der Waals surface area (Å²) in [5.74, 6) is 9.58. The van der Waals surface area contributed by atoms with Crippen LogP contribution in [0.15, 0.2) is 5.16 Å². The second-order valence-electron chi connectivity index (χ2n) is 8.10. The van der Waals surface area contributed by atoms with Crippen molar-refractivity contribution in [1.82, 2.24) is 24.8 Å². The molecule has 3 heterocycles. The number of nitrogens with two attached hydrogens (primary N) is 2. The van der Waals surface area contributed by atoms with E-state index in [-0.39, 0.29) is 0 Å². The molecule has 0 atom stereocenters. The van der Waals surface area contributed by atoms with Crippen LogP contribution in [0.4, 0.5) is 5.82 Å². The number of aromatic nitrogens is 5. The Kier molecular flexibility index (Phi) is 5.34. The van der Waals surface area contributed by atoms with Crippen LogP contribution in [0, 0.1) is 0 Å². The molecule has 0 spiro atoms. The first-order chi connectivity index (χ1) is 14.2. The molecule has 0 radical (unpaired) electrons. The zero-order valence-corrected chi connectivity index (χ0v) is 18.2. The Balaban J connectivity index is 1.35. The van der Waals surface area contributed by atoms with Crippen LogP contribution in [0.25, 0.3) is 10.2 Å². The Hall–Kier alpha value is -1.87. The zero-order valence-electron chi connectivity index (χ0n) is 16.6. The van der Waals surface area contributed by atoms with Crippen molar-refractivity contribution in [1.29, 1.82) is 0 Å². The Morgan fingerprint density at radius 1 is 1.00 bits per heavy atom. The third-order valence-electron chi connectivity index (χ3n) is 6.13. The van der Waals surface area contributed by atoms with E-state index in [4.69, 9.17) is 16.6 Å². The molecule has 0 aliphatic heterocycles. The van der Waals surface area contributed by atoms with Gasteiger partial charge in [-0.3, -0.25) is 0 Å². The van der Waals surface area contributed by atoms with Crippen LogP contribution in [0.5, 0.6) is 0 Å². The first kappa shape index (κ1) is 19.1. The van der Waals surface area contributed by atoms with Crippen molar-refractivity contribution < 1.29 is 0 Å². The lowest BCUT2D eigenvalue weighted by molar-refractivity contribution is 0.421. The lowest BCUT2D eigenvalue weighted by Crippen LogP contribution is -2.18. The molecule has 0 aromatic carbocycles. The molecule has 29 heavy (non-hydrogen) atoms. The summed E-state index contributed by atoms with van der Waals surface area (Å²) in [7, 11) is 0. The molecule has 0 saturated heterocycles. The van der Waals surface area contributed by atoms with Gasteiger partial charge in [-0.1, -0.05) is 37.4 Å². The van der Waals surface area contributed by atoms with Crippen LogP contribution in [-0.2, 0) is 18.6 Å². The normalized spacial score (nSPS) is 18.1. The lowest BCUT2D eigenvalue weighted by atomic mass is 9.89. The average Bonchev–Trinajstić information content (AvgIpc) is 3.19. The van der Waals surface area contributed by atoms with Crippen molar-refractivity contribution in [3.05, 3.63) is 22.1 Å². The maximum Gasteiger partial charge on any atom is 0.210 e. The number of anilines is 1. The largest absolute Gasteiger partial charge is 0.383 e. The average molecular weight is 430 g/mol. The molecule has 2 aliphatic carbocycles. The van der Waals surface area contributed by atoms with E-state index in [9.17, 15) is 0 Å². The summed E-state index contributed by atoms with van der Waals surface area (Å²) in [6, 6.07) is 0. The van der Waals surface area contributed by atoms with E-state index in [1.165, 1.54) is 60.7 Å². The van der Waals surface area contributed by atoms with Gasteiger partial charge in [0.1, 0.15) is 16.5 Å². The lowest BCUT2D eigenvalue weighted by Gasteiger charge is -2.20. The van der Waals surface area contributed by atoms with Gasteiger partial charge in [-0.2, -0.15) is 0 Å². The smallest absolute Gasteiger partial charge is 0.210 e. The number of aryl methyl sites for hydroxylation is 2. The van der Waals surface area contributed by atoms with Gasteiger partial charge in [0, 0.05) is 10.8 Å². The van der Waals surface area contributed by atoms with E-state index < -0.39 is 0 Å². The third-order valence-corrected chi connectivity index (χ3v) is 8.26. The molecule has 7 nitrogen and oxygen atoms in total. The number of fused-ring (bicyclic) bond motifs is 3. The van der Waals surface area contributed by atoms with Crippen LogP contribution in [0.2, 0.25) is 0 Å². The van der Waals surface area contributed by atoms with Crippen molar-refractivity contribution >= 4 is 39.1 Å². The number of thioether (sulfide) groups is 1. The highest BCUT2D eigenvalue weighted by Gasteiger charge is 2.23. The summed E-state index contributed by atoms with van der Waals surface area (Å²) in [6.45, 7) is 0. The maximum atomic E-state index is 6.37. The number of nitrogens with zero attached hydrogens (tertiary/aromatic N) is 5. The molecule has 1 fully saturated rings. The predicted octanol–water partition coefficient (Wildman–Crippen LogP) is 4.19. The van der Waals surface area contributed by atoms with E-state index in [1.54, 1.807) is 16.0 Å². The Morgan fingerprint density at radius 3 is 2.66 bits per heavy atom. The molecule has 154 valence electrons. The molecule has 2 aliphatic rings. The van der Waals surface area contributed by atoms with E-state index in [1.807, 2.05) is 0 Å². The van der Waals surface area contributed by atoms with Gasteiger partial charge in [0.15, 0.2) is 5.82 Å². The summed E-state index contributed by atoms with van der Waals surface area (Å²) < 4.78 is 1.66. The minimum absolute atomic E-state index is 0.431. The van der Waals surface area contributed by atoms with Gasteiger partial charge in [0.2, 0.25) is 5.16 Å². The molecule has 3 aromatic heterocycles. The Bertz CT molecular complexity index is 1020. The molecule has 1 saturated carbocycles. The summed E-state index contributed by atoms with van der Waals surface area (Å²) in [4.78, 5) is 11.9. The molecule has 0 unspecified atom stereocenters. The number of hydrogen-bond acceptors (Lipinski definition) is 8. The van der Waals surface area contributed by atoms with Crippen molar-refractivity contribution in [3.8, 4) is 0 Å². The highest BCUT2D eigenvalue weighted by Crippen LogP contribution is 2.38. The minimum atomic E-state index is 0.431. The first-order valence-electron chi connectivity index (χ1n) is 10.6. The van der Waals surface area contributed by atoms with Crippen LogP contribution in [-0.4, -0.2) is 24.8 Å². The van der Waals surface area contributed by atoms with Crippen LogP contribution in [0.1, 0.15) is 79.4 Å². The highest BCUT2D eigenvalue weighted by atomic mass is 32.2. The molecule has 9 heteroatoms. The Morgan fingerprint density at radius 2 is 1.79 bits per heavy atom. The van der Waals surface area contributed by atoms with Crippen molar-refractivity contribution in [2.24, 2.45) is 0 Å². The number of hydrogen-bond donors (Lipinski definition) is 2. The van der Waals surface area contributed by atoms with E-state index in [0.717, 1.165) is 52.7 Å². The van der Waals surface area contributed by atoms with Gasteiger partial charge >= 0.3 is 0 Å². The fourth-order valence-electron chi connectivity index (χ4n) is 4.63. The molecule has 3 aromatic rings. The zero-order chi connectivity index (χ0) is 19.8.